The largest absolute Gasteiger partial charge is 0.352 e. The van der Waals surface area contributed by atoms with Gasteiger partial charge in [0.25, 0.3) is 11.5 Å². The van der Waals surface area contributed by atoms with Crippen LogP contribution >= 0.6 is 0 Å². The lowest BCUT2D eigenvalue weighted by Crippen LogP contribution is -2.38. The number of piperidine rings is 1. The Labute approximate surface area is 153 Å². The minimum atomic E-state index is -0.294. The van der Waals surface area contributed by atoms with Crippen molar-refractivity contribution in [3.05, 3.63) is 63.8 Å². The average Bonchev–Trinajstić information content (AvgIpc) is 2.66. The van der Waals surface area contributed by atoms with Crippen molar-refractivity contribution in [1.29, 1.82) is 0 Å². The summed E-state index contributed by atoms with van der Waals surface area (Å²) in [6.45, 7) is 4.93. The van der Waals surface area contributed by atoms with Crippen LogP contribution in [0.4, 0.5) is 0 Å². The van der Waals surface area contributed by atoms with Gasteiger partial charge < -0.3 is 15.2 Å². The molecule has 1 amide bonds. The number of carbonyl (C=O) groups excluding carboxylic acids is 1. The number of hydrogen-bond acceptors (Lipinski definition) is 4. The highest BCUT2D eigenvalue weighted by Gasteiger charge is 2.18. The van der Waals surface area contributed by atoms with E-state index in [1.165, 1.54) is 0 Å². The predicted octanol–water partition coefficient (Wildman–Crippen LogP) is 1.52. The number of hydrogen-bond donors (Lipinski definition) is 2. The molecule has 2 N–H and O–H groups in total. The van der Waals surface area contributed by atoms with E-state index in [0.717, 1.165) is 37.1 Å². The molecule has 0 bridgehead atoms. The number of pyridine rings is 2. The minimum Gasteiger partial charge on any atom is -0.352 e. The zero-order chi connectivity index (χ0) is 18.4. The Hall–Kier alpha value is -2.47. The summed E-state index contributed by atoms with van der Waals surface area (Å²) in [7, 11) is 0. The van der Waals surface area contributed by atoms with Crippen LogP contribution in [-0.2, 0) is 13.0 Å². The topological polar surface area (TPSA) is 76.0 Å². The number of aromatic nitrogens is 2. The Morgan fingerprint density at radius 1 is 1.35 bits per heavy atom. The number of carbonyl (C=O) groups is 1. The number of nitrogens with one attached hydrogen (secondary N) is 2. The van der Waals surface area contributed by atoms with Gasteiger partial charge in [-0.1, -0.05) is 0 Å². The Balaban J connectivity index is 1.66. The lowest BCUT2D eigenvalue weighted by molar-refractivity contribution is 0.0951. The molecule has 1 aliphatic rings. The van der Waals surface area contributed by atoms with Gasteiger partial charge in [-0.3, -0.25) is 14.6 Å². The lowest BCUT2D eigenvalue weighted by atomic mass is 9.99. The molecule has 1 fully saturated rings. The minimum absolute atomic E-state index is 0.197. The van der Waals surface area contributed by atoms with Crippen LogP contribution in [0.15, 0.2) is 41.6 Å². The highest BCUT2D eigenvalue weighted by molar-refractivity contribution is 5.95. The first kappa shape index (κ1) is 18.3. The molecule has 6 heteroatoms. The summed E-state index contributed by atoms with van der Waals surface area (Å²) in [5, 5.41) is 6.24. The summed E-state index contributed by atoms with van der Waals surface area (Å²) in [6.07, 6.45) is 8.23. The third-order valence-electron chi connectivity index (χ3n) is 4.90. The standard InChI is InChI=1S/C20H26N4O2/c1-15-7-12-24(14-17-3-2-8-22-13-17)20(26)18(15)19(25)23-11-6-16-4-9-21-10-5-16/h4-5,7,9-10,12,17,22H,2-3,6,8,11,13-14H2,1H3,(H,23,25). The molecule has 138 valence electrons. The van der Waals surface area contributed by atoms with E-state index in [1.54, 1.807) is 23.2 Å². The molecule has 6 nitrogen and oxygen atoms in total. The van der Waals surface area contributed by atoms with Crippen LogP contribution in [0.5, 0.6) is 0 Å². The van der Waals surface area contributed by atoms with Crippen molar-refractivity contribution in [2.24, 2.45) is 5.92 Å². The van der Waals surface area contributed by atoms with E-state index < -0.39 is 0 Å². The van der Waals surface area contributed by atoms with Gasteiger partial charge in [-0.05, 0) is 74.5 Å². The second-order valence-corrected chi connectivity index (χ2v) is 6.91. The summed E-state index contributed by atoms with van der Waals surface area (Å²) in [4.78, 5) is 29.4. The van der Waals surface area contributed by atoms with E-state index in [9.17, 15) is 9.59 Å². The number of amides is 1. The van der Waals surface area contributed by atoms with Crippen LogP contribution in [0.2, 0.25) is 0 Å². The Morgan fingerprint density at radius 3 is 2.88 bits per heavy atom. The first-order chi connectivity index (χ1) is 12.6. The van der Waals surface area contributed by atoms with Crippen molar-refractivity contribution < 1.29 is 4.79 Å². The zero-order valence-corrected chi connectivity index (χ0v) is 15.2. The van der Waals surface area contributed by atoms with Gasteiger partial charge in [-0.2, -0.15) is 0 Å². The molecular formula is C20H26N4O2. The Bertz CT molecular complexity index is 795. The maximum Gasteiger partial charge on any atom is 0.263 e. The lowest BCUT2D eigenvalue weighted by Gasteiger charge is -2.23. The van der Waals surface area contributed by atoms with E-state index in [0.29, 0.717) is 25.4 Å². The van der Waals surface area contributed by atoms with Gasteiger partial charge >= 0.3 is 0 Å². The molecule has 1 aliphatic heterocycles. The molecule has 3 heterocycles. The highest BCUT2D eigenvalue weighted by Crippen LogP contribution is 2.12. The number of rotatable bonds is 6. The van der Waals surface area contributed by atoms with E-state index in [4.69, 9.17) is 0 Å². The summed E-state index contributed by atoms with van der Waals surface area (Å²) < 4.78 is 1.68. The fourth-order valence-corrected chi connectivity index (χ4v) is 3.40. The molecule has 2 aromatic rings. The third-order valence-corrected chi connectivity index (χ3v) is 4.90. The normalized spacial score (nSPS) is 17.0. The SMILES string of the molecule is Cc1ccn(CC2CCCNC2)c(=O)c1C(=O)NCCc1ccncc1. The van der Waals surface area contributed by atoms with Crippen LogP contribution in [0.25, 0.3) is 0 Å². The molecular weight excluding hydrogens is 328 g/mol. The Kier molecular flexibility index (Phi) is 6.17. The molecule has 1 unspecified atom stereocenters. The van der Waals surface area contributed by atoms with Crippen LogP contribution in [0, 0.1) is 12.8 Å². The molecule has 1 atom stereocenters. The zero-order valence-electron chi connectivity index (χ0n) is 15.2. The maximum absolute atomic E-state index is 12.8. The first-order valence-corrected chi connectivity index (χ1v) is 9.23. The third kappa shape index (κ3) is 4.58. The maximum atomic E-state index is 12.8. The highest BCUT2D eigenvalue weighted by atomic mass is 16.2. The molecule has 3 rings (SSSR count). The molecule has 0 saturated carbocycles. The van der Waals surface area contributed by atoms with Crippen molar-refractivity contribution in [3.63, 3.8) is 0 Å². The summed E-state index contributed by atoms with van der Waals surface area (Å²) in [6, 6.07) is 5.70. The van der Waals surface area contributed by atoms with Crippen LogP contribution in [0.3, 0.4) is 0 Å². The second-order valence-electron chi connectivity index (χ2n) is 6.91. The van der Waals surface area contributed by atoms with Crippen molar-refractivity contribution in [1.82, 2.24) is 20.2 Å². The summed E-state index contributed by atoms with van der Waals surface area (Å²) in [5.41, 5.74) is 1.88. The molecule has 2 aromatic heterocycles. The van der Waals surface area contributed by atoms with Crippen LogP contribution < -0.4 is 16.2 Å². The van der Waals surface area contributed by atoms with Gasteiger partial charge in [-0.25, -0.2) is 0 Å². The van der Waals surface area contributed by atoms with Gasteiger partial charge in [-0.15, -0.1) is 0 Å². The van der Waals surface area contributed by atoms with Crippen molar-refractivity contribution >= 4 is 5.91 Å². The number of nitrogens with zero attached hydrogens (tertiary/aromatic N) is 2. The smallest absolute Gasteiger partial charge is 0.263 e. The van der Waals surface area contributed by atoms with Gasteiger partial charge in [0.05, 0.1) is 0 Å². The van der Waals surface area contributed by atoms with Gasteiger partial charge in [0.15, 0.2) is 0 Å². The van der Waals surface area contributed by atoms with E-state index in [1.807, 2.05) is 25.1 Å². The number of aryl methyl sites for hydroxylation is 1. The average molecular weight is 354 g/mol. The predicted molar refractivity (Wildman–Crippen MR) is 101 cm³/mol. The molecule has 0 aliphatic carbocycles. The molecule has 0 radical (unpaired) electrons. The van der Waals surface area contributed by atoms with Crippen molar-refractivity contribution in [2.45, 2.75) is 32.7 Å². The van der Waals surface area contributed by atoms with Gasteiger partial charge in [0.1, 0.15) is 5.56 Å². The molecule has 0 spiro atoms. The fraction of sp³-hybridized carbons (Fsp3) is 0.450. The first-order valence-electron chi connectivity index (χ1n) is 9.23. The molecule has 1 saturated heterocycles. The van der Waals surface area contributed by atoms with Crippen molar-refractivity contribution in [3.8, 4) is 0 Å². The van der Waals surface area contributed by atoms with E-state index in [2.05, 4.69) is 15.6 Å². The van der Waals surface area contributed by atoms with E-state index in [-0.39, 0.29) is 17.0 Å². The summed E-state index contributed by atoms with van der Waals surface area (Å²) >= 11 is 0. The Morgan fingerprint density at radius 2 is 2.15 bits per heavy atom. The second kappa shape index (κ2) is 8.76. The summed E-state index contributed by atoms with van der Waals surface area (Å²) in [5.74, 6) is 0.143. The van der Waals surface area contributed by atoms with E-state index >= 15 is 0 Å². The molecule has 0 aromatic carbocycles. The molecule has 26 heavy (non-hydrogen) atoms. The van der Waals surface area contributed by atoms with Crippen molar-refractivity contribution in [2.75, 3.05) is 19.6 Å². The quantitative estimate of drug-likeness (QED) is 0.825. The van der Waals surface area contributed by atoms with Gasteiger partial charge in [0.2, 0.25) is 0 Å². The van der Waals surface area contributed by atoms with Crippen LogP contribution in [0.1, 0.15) is 34.3 Å². The van der Waals surface area contributed by atoms with Gasteiger partial charge in [0, 0.05) is 31.7 Å². The van der Waals surface area contributed by atoms with Crippen LogP contribution in [-0.4, -0.2) is 35.1 Å². The monoisotopic (exact) mass is 354 g/mol. The fourth-order valence-electron chi connectivity index (χ4n) is 3.40.